The normalized spacial score (nSPS) is 21.2. The van der Waals surface area contributed by atoms with Gasteiger partial charge in [0.25, 0.3) is 5.60 Å². The van der Waals surface area contributed by atoms with Gasteiger partial charge in [0.15, 0.2) is 0 Å². The number of benzene rings is 2. The first kappa shape index (κ1) is 22.8. The number of carbonyl (C=O) groups is 1. The second kappa shape index (κ2) is 8.69. The smallest absolute Gasteiger partial charge is 0.436 e. The van der Waals surface area contributed by atoms with E-state index in [0.29, 0.717) is 11.1 Å². The van der Waals surface area contributed by atoms with E-state index in [1.807, 2.05) is 0 Å². The van der Waals surface area contributed by atoms with Crippen molar-refractivity contribution in [2.75, 3.05) is 13.4 Å². The summed E-state index contributed by atoms with van der Waals surface area (Å²) in [6.45, 7) is 0. The molecule has 2 unspecified atom stereocenters. The van der Waals surface area contributed by atoms with E-state index in [1.54, 1.807) is 30.5 Å². The van der Waals surface area contributed by atoms with E-state index in [0.717, 1.165) is 11.8 Å². The molecule has 1 heterocycles. The highest BCUT2D eigenvalue weighted by Crippen LogP contribution is 2.52. The zero-order valence-electron chi connectivity index (χ0n) is 15.8. The van der Waals surface area contributed by atoms with Crippen LogP contribution in [0.3, 0.4) is 0 Å². The highest BCUT2D eigenvalue weighted by atomic mass is 35.5. The van der Waals surface area contributed by atoms with Crippen LogP contribution in [0, 0.1) is 0 Å². The number of hydrogen-bond acceptors (Lipinski definition) is 5. The van der Waals surface area contributed by atoms with Crippen LogP contribution in [-0.2, 0) is 21.6 Å². The number of esters is 1. The average molecular weight is 478 g/mol. The van der Waals surface area contributed by atoms with Gasteiger partial charge in [0.05, 0.1) is 18.4 Å². The number of rotatable bonds is 5. The lowest BCUT2D eigenvalue weighted by Gasteiger charge is -2.34. The van der Waals surface area contributed by atoms with Crippen LogP contribution >= 0.6 is 35.0 Å². The van der Waals surface area contributed by atoms with Crippen LogP contribution in [-0.4, -0.2) is 36.5 Å². The summed E-state index contributed by atoms with van der Waals surface area (Å²) in [4.78, 5) is 16.7. The van der Waals surface area contributed by atoms with Gasteiger partial charge in [-0.1, -0.05) is 40.5 Å². The topological polar surface area (TPSA) is 47.9 Å². The third-order valence-electron chi connectivity index (χ3n) is 4.69. The molecule has 10 heteroatoms. The van der Waals surface area contributed by atoms with E-state index in [4.69, 9.17) is 28.0 Å². The van der Waals surface area contributed by atoms with Crippen molar-refractivity contribution >= 4 is 46.6 Å². The molecule has 0 N–H and O–H groups in total. The largest absolute Gasteiger partial charge is 0.465 e. The highest BCUT2D eigenvalue weighted by molar-refractivity contribution is 8.00. The molecule has 2 aromatic carbocycles. The lowest BCUT2D eigenvalue weighted by Crippen LogP contribution is -2.51. The Bertz CT molecular complexity index is 962. The highest BCUT2D eigenvalue weighted by Gasteiger charge is 2.67. The van der Waals surface area contributed by atoms with Crippen molar-refractivity contribution in [3.05, 3.63) is 69.2 Å². The van der Waals surface area contributed by atoms with Crippen molar-refractivity contribution in [1.82, 2.24) is 0 Å². The lowest BCUT2D eigenvalue weighted by molar-refractivity contribution is -0.273. The van der Waals surface area contributed by atoms with Gasteiger partial charge in [0, 0.05) is 22.0 Å². The maximum absolute atomic E-state index is 14.3. The lowest BCUT2D eigenvalue weighted by atomic mass is 9.86. The summed E-state index contributed by atoms with van der Waals surface area (Å²) in [5.74, 6) is -0.501. The Kier molecular flexibility index (Phi) is 6.60. The molecule has 3 rings (SSSR count). The molecule has 0 fully saturated rings. The van der Waals surface area contributed by atoms with Crippen LogP contribution in [0.1, 0.15) is 21.5 Å². The molecule has 0 spiro atoms. The zero-order valence-corrected chi connectivity index (χ0v) is 18.1. The van der Waals surface area contributed by atoms with E-state index < -0.39 is 23.0 Å². The van der Waals surface area contributed by atoms with Crippen molar-refractivity contribution in [3.8, 4) is 0 Å². The number of hydrogen-bond donors (Lipinski definition) is 0. The predicted molar refractivity (Wildman–Crippen MR) is 112 cm³/mol. The number of thioether (sulfide) groups is 1. The maximum Gasteiger partial charge on any atom is 0.436 e. The Morgan fingerprint density at radius 3 is 2.30 bits per heavy atom. The number of methoxy groups -OCH3 is 1. The Morgan fingerprint density at radius 1 is 1.20 bits per heavy atom. The summed E-state index contributed by atoms with van der Waals surface area (Å²) in [6, 6.07) is 10.1. The minimum Gasteiger partial charge on any atom is -0.465 e. The van der Waals surface area contributed by atoms with Gasteiger partial charge in [-0.2, -0.15) is 24.9 Å². The third kappa shape index (κ3) is 4.13. The first-order chi connectivity index (χ1) is 14.1. The summed E-state index contributed by atoms with van der Waals surface area (Å²) in [7, 11) is 1.27. The molecule has 0 amide bonds. The van der Waals surface area contributed by atoms with Gasteiger partial charge in [0.2, 0.25) is 0 Å². The van der Waals surface area contributed by atoms with Gasteiger partial charge in [-0.05, 0) is 42.2 Å². The van der Waals surface area contributed by atoms with Gasteiger partial charge in [-0.15, -0.1) is 0 Å². The minimum atomic E-state index is -4.78. The molecule has 30 heavy (non-hydrogen) atoms. The molecule has 160 valence electrons. The first-order valence-electron chi connectivity index (χ1n) is 8.60. The van der Waals surface area contributed by atoms with Gasteiger partial charge in [-0.25, -0.2) is 4.79 Å². The van der Waals surface area contributed by atoms with E-state index in [9.17, 15) is 18.0 Å². The molecule has 2 atom stereocenters. The number of halogens is 5. The number of nitrogens with zero attached hydrogens (tertiary/aromatic N) is 1. The third-order valence-corrected chi connectivity index (χ3v) is 6.20. The molecule has 0 saturated carbocycles. The Balaban J connectivity index is 1.96. The number of oxime groups is 1. The predicted octanol–water partition coefficient (Wildman–Crippen LogP) is 5.90. The first-order valence-corrected chi connectivity index (χ1v) is 10.6. The SMILES string of the molecule is COC(=O)c1ccc(CC2=NOC(c3cc(Cl)cc(Cl)c3)(C(F)(F)F)C2SC)cc1. The molecule has 2 aromatic rings. The molecule has 1 aliphatic rings. The fraction of sp³-hybridized carbons (Fsp3) is 0.300. The zero-order chi connectivity index (χ0) is 22.1. The van der Waals surface area contributed by atoms with Crippen molar-refractivity contribution in [2.45, 2.75) is 23.4 Å². The quantitative estimate of drug-likeness (QED) is 0.503. The van der Waals surface area contributed by atoms with Crippen LogP contribution in [0.2, 0.25) is 10.0 Å². The maximum atomic E-state index is 14.3. The number of alkyl halides is 3. The Labute approximate surface area is 185 Å². The molecule has 0 saturated heterocycles. The minimum absolute atomic E-state index is 0.0661. The van der Waals surface area contributed by atoms with Gasteiger partial charge >= 0.3 is 12.1 Å². The van der Waals surface area contributed by atoms with Crippen molar-refractivity contribution in [1.29, 1.82) is 0 Å². The van der Waals surface area contributed by atoms with Crippen LogP contribution in [0.25, 0.3) is 0 Å². The van der Waals surface area contributed by atoms with Crippen LogP contribution in [0.4, 0.5) is 13.2 Å². The van der Waals surface area contributed by atoms with Crippen LogP contribution in [0.15, 0.2) is 47.6 Å². The molecule has 0 radical (unpaired) electrons. The monoisotopic (exact) mass is 477 g/mol. The molecule has 0 aromatic heterocycles. The fourth-order valence-electron chi connectivity index (χ4n) is 3.31. The van der Waals surface area contributed by atoms with Gasteiger partial charge in [0.1, 0.15) is 5.25 Å². The Morgan fingerprint density at radius 2 is 1.80 bits per heavy atom. The summed E-state index contributed by atoms with van der Waals surface area (Å²) >= 11 is 12.9. The molecule has 4 nitrogen and oxygen atoms in total. The summed E-state index contributed by atoms with van der Waals surface area (Å²) in [5, 5.41) is 2.78. The average Bonchev–Trinajstić information content (AvgIpc) is 3.06. The van der Waals surface area contributed by atoms with E-state index >= 15 is 0 Å². The van der Waals surface area contributed by atoms with Gasteiger partial charge < -0.3 is 9.57 Å². The van der Waals surface area contributed by atoms with Crippen LogP contribution in [0.5, 0.6) is 0 Å². The van der Waals surface area contributed by atoms with Crippen LogP contribution < -0.4 is 0 Å². The number of ether oxygens (including phenoxy) is 1. The summed E-state index contributed by atoms with van der Waals surface area (Å²) in [6.07, 6.45) is -3.12. The van der Waals surface area contributed by atoms with E-state index in [1.165, 1.54) is 25.3 Å². The fourth-order valence-corrected chi connectivity index (χ4v) is 4.88. The molecule has 0 bridgehead atoms. The van der Waals surface area contributed by atoms with Crippen molar-refractivity contribution in [3.63, 3.8) is 0 Å². The standard InChI is InChI=1S/C20H16Cl2F3NO3S/c1-28-18(27)12-5-3-11(4-6-12)7-16-17(30-2)19(29-26-16,20(23,24)25)13-8-14(21)10-15(22)9-13/h3-6,8-10,17H,7H2,1-2H3. The van der Waals surface area contributed by atoms with Crippen molar-refractivity contribution < 1.29 is 27.5 Å². The molecule has 1 aliphatic heterocycles. The van der Waals surface area contributed by atoms with Gasteiger partial charge in [-0.3, -0.25) is 0 Å². The second-order valence-corrected chi connectivity index (χ2v) is 8.36. The molecular weight excluding hydrogens is 462 g/mol. The Hall–Kier alpha value is -1.90. The summed E-state index contributed by atoms with van der Waals surface area (Å²) < 4.78 is 47.7. The molecule has 0 aliphatic carbocycles. The van der Waals surface area contributed by atoms with Crippen molar-refractivity contribution in [2.24, 2.45) is 5.16 Å². The second-order valence-electron chi connectivity index (χ2n) is 6.55. The number of carbonyl (C=O) groups excluding carboxylic acids is 1. The van der Waals surface area contributed by atoms with E-state index in [2.05, 4.69) is 9.89 Å². The van der Waals surface area contributed by atoms with E-state index in [-0.39, 0.29) is 27.7 Å². The summed E-state index contributed by atoms with van der Waals surface area (Å²) in [5.41, 5.74) is -1.72. The molecular formula is C20H16Cl2F3NO3S.